The monoisotopic (exact) mass is 151 g/mol. The van der Waals surface area contributed by atoms with Crippen molar-refractivity contribution in [3.05, 3.63) is 0 Å². The smallest absolute Gasteiger partial charge is 0.0693 e. The van der Waals surface area contributed by atoms with E-state index >= 15 is 0 Å². The van der Waals surface area contributed by atoms with Gasteiger partial charge in [-0.1, -0.05) is 0 Å². The summed E-state index contributed by atoms with van der Waals surface area (Å²) in [6, 6.07) is 0. The molecule has 56 valence electrons. The quantitative estimate of drug-likeness (QED) is 0.652. The van der Waals surface area contributed by atoms with E-state index in [0.717, 1.165) is 13.0 Å². The molecular formula is C6H14ClNO. The van der Waals surface area contributed by atoms with E-state index in [1.807, 2.05) is 0 Å². The highest BCUT2D eigenvalue weighted by Crippen LogP contribution is 2.41. The molecule has 1 aliphatic carbocycles. The summed E-state index contributed by atoms with van der Waals surface area (Å²) in [5, 5.41) is 0. The lowest BCUT2D eigenvalue weighted by Gasteiger charge is -2.09. The zero-order valence-corrected chi connectivity index (χ0v) is 6.54. The Kier molecular flexibility index (Phi) is 3.48. The molecule has 0 amide bonds. The van der Waals surface area contributed by atoms with Gasteiger partial charge in [0.05, 0.1) is 5.60 Å². The molecule has 0 aliphatic heterocycles. The maximum absolute atomic E-state index is 5.35. The van der Waals surface area contributed by atoms with E-state index in [2.05, 4.69) is 0 Å². The Labute approximate surface area is 62.2 Å². The summed E-state index contributed by atoms with van der Waals surface area (Å²) in [6.07, 6.45) is 3.45. The molecule has 0 radical (unpaired) electrons. The first-order chi connectivity index (χ1) is 3.83. The zero-order valence-electron chi connectivity index (χ0n) is 5.72. The molecule has 0 bridgehead atoms. The van der Waals surface area contributed by atoms with E-state index in [9.17, 15) is 0 Å². The summed E-state index contributed by atoms with van der Waals surface area (Å²) >= 11 is 0. The van der Waals surface area contributed by atoms with Gasteiger partial charge < -0.3 is 10.5 Å². The van der Waals surface area contributed by atoms with Crippen molar-refractivity contribution >= 4 is 12.4 Å². The van der Waals surface area contributed by atoms with E-state index < -0.39 is 0 Å². The first-order valence-corrected chi connectivity index (χ1v) is 3.08. The van der Waals surface area contributed by atoms with E-state index in [0.29, 0.717) is 0 Å². The van der Waals surface area contributed by atoms with Crippen LogP contribution in [0.1, 0.15) is 19.3 Å². The van der Waals surface area contributed by atoms with Crippen LogP contribution in [0.25, 0.3) is 0 Å². The van der Waals surface area contributed by atoms with Gasteiger partial charge in [-0.25, -0.2) is 0 Å². The first kappa shape index (κ1) is 9.21. The van der Waals surface area contributed by atoms with Crippen molar-refractivity contribution < 1.29 is 4.74 Å². The van der Waals surface area contributed by atoms with Crippen LogP contribution in [-0.4, -0.2) is 19.3 Å². The molecule has 0 aromatic carbocycles. The van der Waals surface area contributed by atoms with Crippen LogP contribution in [-0.2, 0) is 4.74 Å². The van der Waals surface area contributed by atoms with Crippen LogP contribution < -0.4 is 5.73 Å². The summed E-state index contributed by atoms with van der Waals surface area (Å²) in [7, 11) is 1.77. The molecule has 1 fully saturated rings. The van der Waals surface area contributed by atoms with Crippen molar-refractivity contribution in [1.29, 1.82) is 0 Å². The fourth-order valence-electron chi connectivity index (χ4n) is 0.959. The van der Waals surface area contributed by atoms with Crippen LogP contribution in [0.4, 0.5) is 0 Å². The molecule has 3 heteroatoms. The highest BCUT2D eigenvalue weighted by atomic mass is 35.5. The Morgan fingerprint density at radius 1 is 1.56 bits per heavy atom. The largest absolute Gasteiger partial charge is 0.378 e. The zero-order chi connectivity index (χ0) is 6.04. The SMILES string of the molecule is COC1(CCN)CC1.Cl. The number of methoxy groups -OCH3 is 1. The highest BCUT2D eigenvalue weighted by molar-refractivity contribution is 5.85. The number of nitrogens with two attached hydrogens (primary N) is 1. The average Bonchev–Trinajstić information content (AvgIpc) is 2.50. The van der Waals surface area contributed by atoms with Gasteiger partial charge in [0.1, 0.15) is 0 Å². The predicted molar refractivity (Wildman–Crippen MR) is 39.9 cm³/mol. The Bertz CT molecular complexity index is 83.1. The minimum absolute atomic E-state index is 0. The van der Waals surface area contributed by atoms with Gasteiger partial charge >= 0.3 is 0 Å². The van der Waals surface area contributed by atoms with Crippen LogP contribution in [0.3, 0.4) is 0 Å². The maximum Gasteiger partial charge on any atom is 0.0693 e. The third-order valence-corrected chi connectivity index (χ3v) is 1.84. The summed E-state index contributed by atoms with van der Waals surface area (Å²) in [5.41, 5.74) is 5.57. The van der Waals surface area contributed by atoms with E-state index in [1.165, 1.54) is 12.8 Å². The molecule has 0 saturated heterocycles. The number of ether oxygens (including phenoxy) is 1. The molecule has 0 spiro atoms. The van der Waals surface area contributed by atoms with Crippen molar-refractivity contribution in [2.75, 3.05) is 13.7 Å². The molecule has 0 heterocycles. The topological polar surface area (TPSA) is 35.2 Å². The lowest BCUT2D eigenvalue weighted by molar-refractivity contribution is 0.0750. The second-order valence-electron chi connectivity index (χ2n) is 2.43. The van der Waals surface area contributed by atoms with E-state index in [4.69, 9.17) is 10.5 Å². The normalized spacial score (nSPS) is 20.7. The van der Waals surface area contributed by atoms with Crippen LogP contribution >= 0.6 is 12.4 Å². The van der Waals surface area contributed by atoms with E-state index in [1.54, 1.807) is 7.11 Å². The van der Waals surface area contributed by atoms with Gasteiger partial charge in [0, 0.05) is 7.11 Å². The minimum atomic E-state index is 0. The van der Waals surface area contributed by atoms with Gasteiger partial charge in [-0.2, -0.15) is 0 Å². The standard InChI is InChI=1S/C6H13NO.ClH/c1-8-6(2-3-6)4-5-7;/h2-5,7H2,1H3;1H. The average molecular weight is 152 g/mol. The fraction of sp³-hybridized carbons (Fsp3) is 1.00. The van der Waals surface area contributed by atoms with Crippen molar-refractivity contribution in [3.63, 3.8) is 0 Å². The molecule has 0 unspecified atom stereocenters. The molecule has 1 rings (SSSR count). The van der Waals surface area contributed by atoms with Crippen molar-refractivity contribution in [2.45, 2.75) is 24.9 Å². The minimum Gasteiger partial charge on any atom is -0.378 e. The molecule has 1 aliphatic rings. The second kappa shape index (κ2) is 3.40. The molecular weight excluding hydrogens is 138 g/mol. The molecule has 0 atom stereocenters. The lowest BCUT2D eigenvalue weighted by Crippen LogP contribution is -2.16. The van der Waals surface area contributed by atoms with Gasteiger partial charge in [0.15, 0.2) is 0 Å². The van der Waals surface area contributed by atoms with Crippen molar-refractivity contribution in [1.82, 2.24) is 0 Å². The van der Waals surface area contributed by atoms with Crippen molar-refractivity contribution in [2.24, 2.45) is 5.73 Å². The van der Waals surface area contributed by atoms with Gasteiger partial charge in [0.25, 0.3) is 0 Å². The summed E-state index contributed by atoms with van der Waals surface area (Å²) in [4.78, 5) is 0. The maximum atomic E-state index is 5.35. The second-order valence-corrected chi connectivity index (χ2v) is 2.43. The summed E-state index contributed by atoms with van der Waals surface area (Å²) < 4.78 is 5.21. The molecule has 0 aromatic heterocycles. The Balaban J connectivity index is 0.000000640. The number of rotatable bonds is 3. The Morgan fingerprint density at radius 3 is 2.22 bits per heavy atom. The molecule has 2 nitrogen and oxygen atoms in total. The van der Waals surface area contributed by atoms with E-state index in [-0.39, 0.29) is 18.0 Å². The molecule has 0 aromatic rings. The van der Waals surface area contributed by atoms with Gasteiger partial charge in [-0.05, 0) is 25.8 Å². The van der Waals surface area contributed by atoms with Crippen LogP contribution in [0.2, 0.25) is 0 Å². The van der Waals surface area contributed by atoms with Gasteiger partial charge in [-0.3, -0.25) is 0 Å². The number of hydrogen-bond acceptors (Lipinski definition) is 2. The first-order valence-electron chi connectivity index (χ1n) is 3.08. The fourth-order valence-corrected chi connectivity index (χ4v) is 0.959. The Hall–Kier alpha value is 0.210. The third-order valence-electron chi connectivity index (χ3n) is 1.84. The predicted octanol–water partition coefficient (Wildman–Crippen LogP) is 0.936. The van der Waals surface area contributed by atoms with Crippen LogP contribution in [0.15, 0.2) is 0 Å². The Morgan fingerprint density at radius 2 is 2.11 bits per heavy atom. The number of halogens is 1. The lowest BCUT2D eigenvalue weighted by atomic mass is 10.2. The van der Waals surface area contributed by atoms with Crippen LogP contribution in [0.5, 0.6) is 0 Å². The summed E-state index contributed by atoms with van der Waals surface area (Å²) in [6.45, 7) is 0.758. The van der Waals surface area contributed by atoms with Crippen LogP contribution in [0, 0.1) is 0 Å². The molecule has 1 saturated carbocycles. The van der Waals surface area contributed by atoms with Gasteiger partial charge in [0.2, 0.25) is 0 Å². The molecule has 2 N–H and O–H groups in total. The third kappa shape index (κ3) is 2.12. The van der Waals surface area contributed by atoms with Crippen molar-refractivity contribution in [3.8, 4) is 0 Å². The number of hydrogen-bond donors (Lipinski definition) is 1. The van der Waals surface area contributed by atoms with Gasteiger partial charge in [-0.15, -0.1) is 12.4 Å². The molecule has 9 heavy (non-hydrogen) atoms. The summed E-state index contributed by atoms with van der Waals surface area (Å²) in [5.74, 6) is 0. The highest BCUT2D eigenvalue weighted by Gasteiger charge is 2.41.